The molecule has 4 bridgehead atoms. The predicted octanol–water partition coefficient (Wildman–Crippen LogP) is -2.17. The van der Waals surface area contributed by atoms with Gasteiger partial charge >= 0.3 is 15.6 Å². The van der Waals surface area contributed by atoms with E-state index in [0.717, 1.165) is 0 Å². The molecule has 8 N–H and O–H groups in total. The molecule has 0 spiro atoms. The summed E-state index contributed by atoms with van der Waals surface area (Å²) in [5.41, 5.74) is 12.3. The lowest BCUT2D eigenvalue weighted by molar-refractivity contribution is -0.130. The Labute approximate surface area is 242 Å². The molecule has 2 aromatic rings. The van der Waals surface area contributed by atoms with Crippen LogP contribution in [0.1, 0.15) is 19.1 Å². The van der Waals surface area contributed by atoms with E-state index in [1.54, 1.807) is 0 Å². The SMILES string of the molecule is Nc1ncnc2c1ncn2[C@@H]1O[C@@H]2COP(=O)(O)O[C@@H]3C[C@@H](COP(=O)(O)O[C@@H]1C2)O[C@H]3N1C=NC2C(=O)NC(N)NC21. The molecule has 5 aliphatic rings. The van der Waals surface area contributed by atoms with Crippen LogP contribution in [0.25, 0.3) is 11.2 Å². The normalized spacial score (nSPS) is 43.5. The number of amides is 1. The van der Waals surface area contributed by atoms with E-state index < -0.39 is 90.1 Å². The van der Waals surface area contributed by atoms with Crippen LogP contribution in [0.3, 0.4) is 0 Å². The molecule has 0 saturated carbocycles. The number of nitrogens with zero attached hydrogens (tertiary/aromatic N) is 6. The third-order valence-corrected chi connectivity index (χ3v) is 9.55. The van der Waals surface area contributed by atoms with Gasteiger partial charge in [-0.1, -0.05) is 0 Å². The van der Waals surface area contributed by atoms with Crippen LogP contribution in [0.15, 0.2) is 17.6 Å². The van der Waals surface area contributed by atoms with Gasteiger partial charge in [-0.25, -0.2) is 24.1 Å². The van der Waals surface area contributed by atoms with Crippen molar-refractivity contribution in [1.29, 1.82) is 0 Å². The predicted molar refractivity (Wildman–Crippen MR) is 140 cm³/mol. The van der Waals surface area contributed by atoms with E-state index in [1.807, 2.05) is 0 Å². The first-order valence-electron chi connectivity index (χ1n) is 13.1. The lowest BCUT2D eigenvalue weighted by atomic mass is 10.1. The van der Waals surface area contributed by atoms with Gasteiger partial charge in [0, 0.05) is 12.8 Å². The summed E-state index contributed by atoms with van der Waals surface area (Å²) in [7, 11) is -9.45. The second kappa shape index (κ2) is 10.8. The fraction of sp³-hybridized carbons (Fsp3) is 0.650. The Morgan fingerprint density at radius 2 is 1.63 bits per heavy atom. The molecule has 0 aliphatic carbocycles. The lowest BCUT2D eigenvalue weighted by Gasteiger charge is -2.39. The monoisotopic (exact) mass is 646 g/mol. The summed E-state index contributed by atoms with van der Waals surface area (Å²) < 4.78 is 61.4. The molecule has 4 fully saturated rings. The first kappa shape index (κ1) is 29.1. The number of nitrogens with two attached hydrogens (primary N) is 2. The van der Waals surface area contributed by atoms with Crippen molar-refractivity contribution < 1.29 is 51.3 Å². The zero-order chi connectivity index (χ0) is 30.1. The van der Waals surface area contributed by atoms with Crippen LogP contribution in [0.5, 0.6) is 0 Å². The molecule has 4 saturated heterocycles. The zero-order valence-electron chi connectivity index (χ0n) is 22.1. The Hall–Kier alpha value is -2.65. The highest BCUT2D eigenvalue weighted by molar-refractivity contribution is 7.47. The number of carbonyl (C=O) groups excluding carboxylic acids is 1. The number of imidazole rings is 1. The van der Waals surface area contributed by atoms with Gasteiger partial charge in [0.05, 0.1) is 38.1 Å². The number of anilines is 1. The second-order valence-electron chi connectivity index (χ2n) is 10.4. The average Bonchev–Trinajstić information content (AvgIpc) is 3.71. The average molecular weight is 646 g/mol. The highest BCUT2D eigenvalue weighted by Crippen LogP contribution is 2.53. The minimum absolute atomic E-state index is 0.0356. The number of rotatable bonds is 2. The molecular formula is C20H28N10O11P2. The Morgan fingerprint density at radius 1 is 0.977 bits per heavy atom. The summed E-state index contributed by atoms with van der Waals surface area (Å²) in [5.74, 6) is -0.312. The van der Waals surface area contributed by atoms with Crippen molar-refractivity contribution >= 4 is 44.9 Å². The van der Waals surface area contributed by atoms with Gasteiger partial charge in [-0.3, -0.25) is 43.5 Å². The number of phosphoric ester groups is 2. The number of hydrogen-bond acceptors (Lipinski definition) is 17. The lowest BCUT2D eigenvalue weighted by Crippen LogP contribution is -2.70. The van der Waals surface area contributed by atoms with E-state index in [0.29, 0.717) is 0 Å². The van der Waals surface area contributed by atoms with E-state index in [-0.39, 0.29) is 29.8 Å². The number of fused-ring (bicyclic) bond motifs is 6. The summed E-state index contributed by atoms with van der Waals surface area (Å²) in [4.78, 5) is 51.6. The Bertz CT molecular complexity index is 1550. The number of nitrogens with one attached hydrogen (secondary N) is 2. The van der Waals surface area contributed by atoms with Crippen molar-refractivity contribution in [1.82, 2.24) is 35.1 Å². The van der Waals surface area contributed by atoms with Crippen LogP contribution in [0.2, 0.25) is 0 Å². The van der Waals surface area contributed by atoms with Crippen LogP contribution in [-0.4, -0.2) is 109 Å². The van der Waals surface area contributed by atoms with Crippen molar-refractivity contribution in [2.45, 2.75) is 68.2 Å². The maximum absolute atomic E-state index is 13.1. The van der Waals surface area contributed by atoms with Crippen molar-refractivity contribution in [3.05, 3.63) is 12.7 Å². The molecule has 23 heteroatoms. The maximum atomic E-state index is 13.1. The molecule has 5 aliphatic heterocycles. The minimum atomic E-state index is -4.73. The zero-order valence-corrected chi connectivity index (χ0v) is 23.8. The van der Waals surface area contributed by atoms with Gasteiger partial charge in [-0.2, -0.15) is 0 Å². The summed E-state index contributed by atoms with van der Waals surface area (Å²) in [6.07, 6.45) is -3.95. The molecule has 234 valence electrons. The van der Waals surface area contributed by atoms with Crippen molar-refractivity contribution in [3.8, 4) is 0 Å². The van der Waals surface area contributed by atoms with Crippen LogP contribution >= 0.6 is 15.6 Å². The van der Waals surface area contributed by atoms with Crippen LogP contribution < -0.4 is 22.1 Å². The maximum Gasteiger partial charge on any atom is 0.472 e. The van der Waals surface area contributed by atoms with Crippen molar-refractivity contribution in [2.75, 3.05) is 18.9 Å². The largest absolute Gasteiger partial charge is 0.472 e. The van der Waals surface area contributed by atoms with Crippen molar-refractivity contribution in [3.63, 3.8) is 0 Å². The molecule has 5 unspecified atom stereocenters. The Kier molecular flexibility index (Phi) is 7.28. The number of nitrogen functional groups attached to an aromatic ring is 1. The number of aliphatic imine (C=N–C) groups is 1. The van der Waals surface area contributed by atoms with Gasteiger partial charge in [-0.15, -0.1) is 0 Å². The molecule has 1 amide bonds. The van der Waals surface area contributed by atoms with Gasteiger partial charge in [0.15, 0.2) is 30.0 Å². The third kappa shape index (κ3) is 5.56. The number of hydrogen-bond donors (Lipinski definition) is 6. The first-order valence-corrected chi connectivity index (χ1v) is 16.1. The standard InChI is InChI=1S/C20H28N10O11P2/c21-14-12-15(24-5-23-14)29(6-25-12)18-10-1-8(38-18)3-36-43(34,35)41-11-2-9(4-37-42(32,33)40-10)39-19(11)30-7-26-13-16(30)27-20(22)28-17(13)31/h5-11,13,16,18-20,27H,1-4,22H2,(H,28,31)(H,32,33)(H,34,35)(H2,21,23,24)/t8-,9-,10+,11+,13?,16?,18+,19+,20?/m0/s1. The number of phosphoric acid groups is 2. The molecule has 11 atom stereocenters. The topological polar surface area (TPSA) is 282 Å². The summed E-state index contributed by atoms with van der Waals surface area (Å²) in [6, 6.07) is -0.868. The van der Waals surface area contributed by atoms with Gasteiger partial charge in [0.25, 0.3) is 5.91 Å². The highest BCUT2D eigenvalue weighted by Gasteiger charge is 2.52. The number of carbonyl (C=O) groups is 1. The molecule has 21 nitrogen and oxygen atoms in total. The minimum Gasteiger partial charge on any atom is -0.382 e. The van der Waals surface area contributed by atoms with Crippen LogP contribution in [0, 0.1) is 0 Å². The van der Waals surface area contributed by atoms with Gasteiger partial charge in [-0.05, 0) is 0 Å². The van der Waals surface area contributed by atoms with E-state index >= 15 is 0 Å². The Balaban J connectivity index is 1.13. The van der Waals surface area contributed by atoms with E-state index in [1.165, 1.54) is 28.5 Å². The summed E-state index contributed by atoms with van der Waals surface area (Å²) >= 11 is 0. The molecule has 7 heterocycles. The fourth-order valence-corrected chi connectivity index (χ4v) is 7.60. The highest BCUT2D eigenvalue weighted by atomic mass is 31.2. The van der Waals surface area contributed by atoms with Gasteiger partial charge < -0.3 is 35.2 Å². The smallest absolute Gasteiger partial charge is 0.382 e. The summed E-state index contributed by atoms with van der Waals surface area (Å²) in [6.45, 7) is -0.898. The molecule has 0 radical (unpaired) electrons. The van der Waals surface area contributed by atoms with Gasteiger partial charge in [0.2, 0.25) is 0 Å². The van der Waals surface area contributed by atoms with E-state index in [9.17, 15) is 23.7 Å². The van der Waals surface area contributed by atoms with Gasteiger partial charge in [0.1, 0.15) is 36.5 Å². The molecule has 7 rings (SSSR count). The van der Waals surface area contributed by atoms with Crippen molar-refractivity contribution in [2.24, 2.45) is 10.7 Å². The first-order chi connectivity index (χ1) is 20.5. The van der Waals surface area contributed by atoms with E-state index in [2.05, 4.69) is 30.6 Å². The molecule has 43 heavy (non-hydrogen) atoms. The third-order valence-electron chi connectivity index (χ3n) is 7.53. The quantitative estimate of drug-likeness (QED) is 0.189. The summed E-state index contributed by atoms with van der Waals surface area (Å²) in [5, 5.41) is 5.48. The second-order valence-corrected chi connectivity index (χ2v) is 13.2. The van der Waals surface area contributed by atoms with Crippen LogP contribution in [0.4, 0.5) is 5.82 Å². The molecular weight excluding hydrogens is 618 g/mol. The fourth-order valence-electron chi connectivity index (χ4n) is 5.70. The molecule has 2 aromatic heterocycles. The van der Waals surface area contributed by atoms with Crippen LogP contribution in [-0.2, 0) is 41.5 Å². The van der Waals surface area contributed by atoms with E-state index in [4.69, 9.17) is 39.0 Å². The number of ether oxygens (including phenoxy) is 2. The Morgan fingerprint density at radius 3 is 2.33 bits per heavy atom. The molecule has 0 aromatic carbocycles. The number of aromatic nitrogens is 4.